The Morgan fingerprint density at radius 3 is 2.38 bits per heavy atom. The third-order valence-electron chi connectivity index (χ3n) is 4.12. The highest BCUT2D eigenvalue weighted by atomic mass is 35.5. The number of anilines is 1. The second-order valence-electron chi connectivity index (χ2n) is 6.16. The van der Waals surface area contributed by atoms with Gasteiger partial charge in [-0.25, -0.2) is 0 Å². The number of aliphatic hydroxyl groups is 1. The molecule has 0 aromatic heterocycles. The van der Waals surface area contributed by atoms with E-state index in [-0.39, 0.29) is 21.8 Å². The van der Waals surface area contributed by atoms with Crippen LogP contribution in [0, 0.1) is 23.2 Å². The summed E-state index contributed by atoms with van der Waals surface area (Å²) in [5.74, 6) is -1.31. The number of nitriles is 1. The van der Waals surface area contributed by atoms with Gasteiger partial charge in [0.15, 0.2) is 0 Å². The molecular weight excluding hydrogens is 398 g/mol. The van der Waals surface area contributed by atoms with Crippen molar-refractivity contribution in [1.29, 1.82) is 5.26 Å². The molecule has 10 heteroatoms. The van der Waals surface area contributed by atoms with E-state index in [4.69, 9.17) is 16.9 Å². The normalized spacial score (nSPS) is 12.2. The second kappa shape index (κ2) is 9.64. The molecule has 0 radical (unpaired) electrons. The lowest BCUT2D eigenvalue weighted by Gasteiger charge is -2.23. The largest absolute Gasteiger partial charge is 0.391 e. The number of amides is 2. The average molecular weight is 416 g/mol. The third-order valence-corrected chi connectivity index (χ3v) is 4.60. The highest BCUT2D eigenvalue weighted by Gasteiger charge is 2.25. The number of carbonyl (C=O) groups excluding carboxylic acids is 2. The van der Waals surface area contributed by atoms with Crippen molar-refractivity contribution in [3.05, 3.63) is 63.0 Å². The fraction of sp³-hybridized carbons (Fsp3) is 0.211. The lowest BCUT2D eigenvalue weighted by atomic mass is 10.1. The molecule has 2 rings (SSSR count). The molecule has 0 fully saturated rings. The van der Waals surface area contributed by atoms with Crippen LogP contribution in [0.25, 0.3) is 0 Å². The van der Waals surface area contributed by atoms with Crippen molar-refractivity contribution in [2.75, 3.05) is 5.32 Å². The van der Waals surface area contributed by atoms with E-state index in [2.05, 4.69) is 21.3 Å². The van der Waals surface area contributed by atoms with Gasteiger partial charge in [0.2, 0.25) is 0 Å². The zero-order valence-corrected chi connectivity index (χ0v) is 16.3. The Hall–Kier alpha value is -3.48. The van der Waals surface area contributed by atoms with Gasteiger partial charge in [0.25, 0.3) is 11.8 Å². The van der Waals surface area contributed by atoms with Gasteiger partial charge in [-0.2, -0.15) is 5.26 Å². The van der Waals surface area contributed by atoms with Gasteiger partial charge in [-0.05, 0) is 61.0 Å². The smallest absolute Gasteiger partial charge is 0.269 e. The van der Waals surface area contributed by atoms with Crippen molar-refractivity contribution in [3.8, 4) is 6.07 Å². The predicted molar refractivity (Wildman–Crippen MR) is 108 cm³/mol. The number of nitrogens with one attached hydrogen (secondary N) is 3. The summed E-state index contributed by atoms with van der Waals surface area (Å²) >= 11 is 6.12. The van der Waals surface area contributed by atoms with E-state index < -0.39 is 24.0 Å². The van der Waals surface area contributed by atoms with Crippen LogP contribution in [0.1, 0.15) is 28.4 Å². The van der Waals surface area contributed by atoms with Gasteiger partial charge in [-0.15, -0.1) is 4.91 Å². The van der Waals surface area contributed by atoms with E-state index in [1.807, 2.05) is 6.07 Å². The van der Waals surface area contributed by atoms with Crippen molar-refractivity contribution in [2.24, 2.45) is 5.18 Å². The Bertz CT molecular complexity index is 970. The first-order valence-corrected chi connectivity index (χ1v) is 8.83. The standard InChI is InChI=1S/C19H18ClN5O4/c1-10-15(8-5-13(9-21)16(10)20)22-17(11(2)26)19(28)24-23-18(27)12-3-6-14(25-29)7-4-12/h3-8,11,17,22,26H,1-2H3,(H,23,27)(H,24,28)/t11-,17-/m1/s1. The van der Waals surface area contributed by atoms with E-state index in [1.165, 1.54) is 37.3 Å². The SMILES string of the molecule is Cc1c(N[C@@H](C(=O)NNC(=O)c2ccc(N=O)cc2)[C@@H](C)O)ccc(C#N)c1Cl. The monoisotopic (exact) mass is 415 g/mol. The summed E-state index contributed by atoms with van der Waals surface area (Å²) in [6.45, 7) is 3.08. The van der Waals surface area contributed by atoms with E-state index >= 15 is 0 Å². The fourth-order valence-electron chi connectivity index (χ4n) is 2.44. The topological polar surface area (TPSA) is 144 Å². The molecule has 0 aliphatic carbocycles. The van der Waals surface area contributed by atoms with Crippen LogP contribution in [0.2, 0.25) is 5.02 Å². The molecule has 150 valence electrons. The minimum Gasteiger partial charge on any atom is -0.391 e. The Labute approximate surface area is 171 Å². The number of rotatable bonds is 6. The maximum atomic E-state index is 12.5. The minimum atomic E-state index is -1.11. The summed E-state index contributed by atoms with van der Waals surface area (Å²) in [5.41, 5.74) is 6.12. The van der Waals surface area contributed by atoms with Crippen molar-refractivity contribution in [1.82, 2.24) is 10.9 Å². The number of hydrogen-bond acceptors (Lipinski definition) is 7. The molecular formula is C19H18ClN5O4. The molecule has 0 spiro atoms. The van der Waals surface area contributed by atoms with Gasteiger partial charge < -0.3 is 10.4 Å². The van der Waals surface area contributed by atoms with Crippen LogP contribution >= 0.6 is 11.6 Å². The molecule has 9 nitrogen and oxygen atoms in total. The highest BCUT2D eigenvalue weighted by Crippen LogP contribution is 2.27. The number of halogens is 1. The van der Waals surface area contributed by atoms with Crippen LogP contribution in [0.3, 0.4) is 0 Å². The number of aliphatic hydroxyl groups excluding tert-OH is 1. The Balaban J connectivity index is 2.08. The van der Waals surface area contributed by atoms with E-state index in [9.17, 15) is 19.6 Å². The summed E-state index contributed by atoms with van der Waals surface area (Å²) in [7, 11) is 0. The molecule has 29 heavy (non-hydrogen) atoms. The van der Waals surface area contributed by atoms with Crippen LogP contribution in [0.4, 0.5) is 11.4 Å². The second-order valence-corrected chi connectivity index (χ2v) is 6.53. The summed E-state index contributed by atoms with van der Waals surface area (Å²) in [4.78, 5) is 35.0. The third kappa shape index (κ3) is 5.28. The molecule has 2 aromatic carbocycles. The number of benzene rings is 2. The Morgan fingerprint density at radius 1 is 1.17 bits per heavy atom. The molecule has 0 heterocycles. The van der Waals surface area contributed by atoms with Crippen LogP contribution in [0.15, 0.2) is 41.6 Å². The van der Waals surface area contributed by atoms with Gasteiger partial charge in [-0.3, -0.25) is 20.4 Å². The summed E-state index contributed by atoms with van der Waals surface area (Å²) in [6.07, 6.45) is -1.11. The molecule has 0 saturated carbocycles. The number of nitroso groups, excluding NO2 is 1. The zero-order chi connectivity index (χ0) is 21.6. The maximum Gasteiger partial charge on any atom is 0.269 e. The maximum absolute atomic E-state index is 12.5. The molecule has 0 bridgehead atoms. The first kappa shape index (κ1) is 21.8. The van der Waals surface area contributed by atoms with Crippen molar-refractivity contribution in [3.63, 3.8) is 0 Å². The number of carbonyl (C=O) groups is 2. The van der Waals surface area contributed by atoms with Crippen molar-refractivity contribution in [2.45, 2.75) is 26.0 Å². The van der Waals surface area contributed by atoms with Crippen LogP contribution in [-0.4, -0.2) is 29.1 Å². The zero-order valence-electron chi connectivity index (χ0n) is 15.6. The van der Waals surface area contributed by atoms with Gasteiger partial charge in [0.05, 0.1) is 16.7 Å². The summed E-state index contributed by atoms with van der Waals surface area (Å²) in [6, 6.07) is 9.40. The number of hydrogen-bond donors (Lipinski definition) is 4. The Morgan fingerprint density at radius 2 is 1.83 bits per heavy atom. The van der Waals surface area contributed by atoms with Gasteiger partial charge in [-0.1, -0.05) is 11.6 Å². The van der Waals surface area contributed by atoms with Crippen LogP contribution in [0.5, 0.6) is 0 Å². The molecule has 2 aromatic rings. The van der Waals surface area contributed by atoms with Crippen LogP contribution < -0.4 is 16.2 Å². The molecule has 4 N–H and O–H groups in total. The molecule has 0 saturated heterocycles. The van der Waals surface area contributed by atoms with Crippen molar-refractivity contribution >= 4 is 34.8 Å². The first-order chi connectivity index (χ1) is 13.8. The quantitative estimate of drug-likeness (QED) is 0.421. The first-order valence-electron chi connectivity index (χ1n) is 8.46. The molecule has 0 aliphatic heterocycles. The number of hydrazine groups is 1. The predicted octanol–water partition coefficient (Wildman–Crippen LogP) is 2.54. The van der Waals surface area contributed by atoms with Gasteiger partial charge in [0.1, 0.15) is 17.8 Å². The van der Waals surface area contributed by atoms with E-state index in [1.54, 1.807) is 13.0 Å². The fourth-order valence-corrected chi connectivity index (χ4v) is 2.65. The summed E-state index contributed by atoms with van der Waals surface area (Å²) in [5, 5.41) is 24.8. The van der Waals surface area contributed by atoms with Crippen molar-refractivity contribution < 1.29 is 14.7 Å². The highest BCUT2D eigenvalue weighted by molar-refractivity contribution is 6.32. The lowest BCUT2D eigenvalue weighted by Crippen LogP contribution is -2.52. The number of nitrogens with zero attached hydrogens (tertiary/aromatic N) is 2. The van der Waals surface area contributed by atoms with Crippen LogP contribution in [-0.2, 0) is 4.79 Å². The molecule has 0 aliphatic rings. The van der Waals surface area contributed by atoms with E-state index in [0.717, 1.165) is 0 Å². The van der Waals surface area contributed by atoms with Gasteiger partial charge >= 0.3 is 0 Å². The summed E-state index contributed by atoms with van der Waals surface area (Å²) < 4.78 is 0. The van der Waals surface area contributed by atoms with E-state index in [0.29, 0.717) is 11.3 Å². The minimum absolute atomic E-state index is 0.167. The average Bonchev–Trinajstić information content (AvgIpc) is 2.72. The Kier molecular flexibility index (Phi) is 7.25. The van der Waals surface area contributed by atoms with Gasteiger partial charge in [0, 0.05) is 11.3 Å². The molecule has 2 amide bonds. The lowest BCUT2D eigenvalue weighted by molar-refractivity contribution is -0.124. The molecule has 2 atom stereocenters. The molecule has 0 unspecified atom stereocenters.